The first kappa shape index (κ1) is 18.7. The number of phenols is 1. The monoisotopic (exact) mass is 398 g/mol. The Bertz CT molecular complexity index is 1040. The molecule has 0 aromatic heterocycles. The van der Waals surface area contributed by atoms with Crippen molar-refractivity contribution in [3.63, 3.8) is 0 Å². The number of ether oxygens (including phenoxy) is 1. The average Bonchev–Trinajstić information content (AvgIpc) is 2.84. The molecule has 1 fully saturated rings. The fourth-order valence-electron chi connectivity index (χ4n) is 2.69. The van der Waals surface area contributed by atoms with Gasteiger partial charge in [0.2, 0.25) is 0 Å². The minimum atomic E-state index is -4.29. The Labute approximate surface area is 153 Å². The van der Waals surface area contributed by atoms with Crippen molar-refractivity contribution in [2.24, 2.45) is 0 Å². The Kier molecular flexibility index (Phi) is 4.79. The number of carboxylic acids is 1. The van der Waals surface area contributed by atoms with Crippen molar-refractivity contribution in [1.29, 1.82) is 0 Å². The quantitative estimate of drug-likeness (QED) is 0.621. The SMILES string of the molecule is O=C(O)CCCOc1ccc2cc(O)c(N3CC(=O)NS3(=O)=O)c(F)c2c1. The molecule has 9 nitrogen and oxygen atoms in total. The predicted octanol–water partition coefficient (Wildman–Crippen LogP) is 1.11. The summed E-state index contributed by atoms with van der Waals surface area (Å²) >= 11 is 0. The van der Waals surface area contributed by atoms with Crippen LogP contribution >= 0.6 is 0 Å². The van der Waals surface area contributed by atoms with Gasteiger partial charge in [0.1, 0.15) is 23.7 Å². The molecule has 1 heterocycles. The van der Waals surface area contributed by atoms with E-state index in [0.29, 0.717) is 9.69 Å². The summed E-state index contributed by atoms with van der Waals surface area (Å²) in [7, 11) is -4.29. The van der Waals surface area contributed by atoms with Crippen molar-refractivity contribution in [1.82, 2.24) is 4.72 Å². The number of hydrogen-bond donors (Lipinski definition) is 3. The highest BCUT2D eigenvalue weighted by atomic mass is 32.2. The molecular formula is C16H15FN2O7S. The summed E-state index contributed by atoms with van der Waals surface area (Å²) in [6.45, 7) is -0.549. The number of aliphatic carboxylic acids is 1. The maximum Gasteiger partial charge on any atom is 0.326 e. The predicted molar refractivity (Wildman–Crippen MR) is 92.3 cm³/mol. The number of nitrogens with one attached hydrogen (secondary N) is 1. The van der Waals surface area contributed by atoms with E-state index in [0.717, 1.165) is 0 Å². The molecule has 1 saturated heterocycles. The zero-order chi connectivity index (χ0) is 19.8. The summed E-state index contributed by atoms with van der Waals surface area (Å²) < 4.78 is 46.4. The van der Waals surface area contributed by atoms with Gasteiger partial charge in [-0.1, -0.05) is 6.07 Å². The van der Waals surface area contributed by atoms with Crippen LogP contribution in [0, 0.1) is 5.82 Å². The molecular weight excluding hydrogens is 383 g/mol. The molecule has 0 unspecified atom stereocenters. The number of fused-ring (bicyclic) bond motifs is 1. The van der Waals surface area contributed by atoms with Gasteiger partial charge in [-0.15, -0.1) is 0 Å². The standard InChI is InChI=1S/C16H15FN2O7S/c17-15-11-7-10(26-5-1-2-14(22)23)4-3-9(11)6-12(20)16(15)19-8-13(21)18-27(19,24)25/h3-4,6-7,20H,1-2,5,8H2,(H,18,21)(H,22,23). The molecule has 2 aromatic rings. The van der Waals surface area contributed by atoms with Crippen LogP contribution in [0.25, 0.3) is 10.8 Å². The fourth-order valence-corrected chi connectivity index (χ4v) is 3.86. The highest BCUT2D eigenvalue weighted by molar-refractivity contribution is 7.92. The third-order valence-corrected chi connectivity index (χ3v) is 5.25. The van der Waals surface area contributed by atoms with Crippen LogP contribution in [0.4, 0.5) is 10.1 Å². The average molecular weight is 398 g/mol. The van der Waals surface area contributed by atoms with Crippen molar-refractivity contribution >= 4 is 38.5 Å². The number of phenolic OH excluding ortho intramolecular Hbond substituents is 1. The van der Waals surface area contributed by atoms with Crippen molar-refractivity contribution in [3.05, 3.63) is 30.1 Å². The van der Waals surface area contributed by atoms with Gasteiger partial charge in [0.25, 0.3) is 5.91 Å². The Balaban J connectivity index is 1.97. The second-order valence-corrected chi connectivity index (χ2v) is 7.42. The summed E-state index contributed by atoms with van der Waals surface area (Å²) in [6, 6.07) is 5.47. The normalized spacial score (nSPS) is 15.7. The van der Waals surface area contributed by atoms with Gasteiger partial charge < -0.3 is 14.9 Å². The molecule has 11 heteroatoms. The van der Waals surface area contributed by atoms with Crippen LogP contribution in [-0.4, -0.2) is 43.7 Å². The maximum absolute atomic E-state index is 15.0. The molecule has 0 aliphatic carbocycles. The molecule has 1 amide bonds. The van der Waals surface area contributed by atoms with Crippen molar-refractivity contribution in [2.45, 2.75) is 12.8 Å². The molecule has 27 heavy (non-hydrogen) atoms. The van der Waals surface area contributed by atoms with Crippen LogP contribution in [-0.2, 0) is 19.8 Å². The number of carbonyl (C=O) groups excluding carboxylic acids is 1. The number of carboxylic acid groups (broad SMARTS) is 1. The van der Waals surface area contributed by atoms with E-state index in [1.165, 1.54) is 24.3 Å². The van der Waals surface area contributed by atoms with E-state index in [1.54, 1.807) is 4.72 Å². The number of hydrogen-bond acceptors (Lipinski definition) is 6. The first-order valence-corrected chi connectivity index (χ1v) is 9.26. The number of nitrogens with zero attached hydrogens (tertiary/aromatic N) is 1. The van der Waals surface area contributed by atoms with Crippen molar-refractivity contribution in [2.75, 3.05) is 17.5 Å². The van der Waals surface area contributed by atoms with Crippen LogP contribution in [0.3, 0.4) is 0 Å². The van der Waals surface area contributed by atoms with Crippen molar-refractivity contribution < 1.29 is 37.3 Å². The third-order valence-electron chi connectivity index (χ3n) is 3.88. The molecule has 144 valence electrons. The molecule has 1 aliphatic rings. The van der Waals surface area contributed by atoms with Gasteiger partial charge in [0.05, 0.1) is 6.61 Å². The van der Waals surface area contributed by atoms with Crippen LogP contribution in [0.1, 0.15) is 12.8 Å². The molecule has 0 spiro atoms. The van der Waals surface area contributed by atoms with E-state index in [2.05, 4.69) is 0 Å². The smallest absolute Gasteiger partial charge is 0.326 e. The molecule has 0 saturated carbocycles. The number of aromatic hydroxyl groups is 1. The minimum Gasteiger partial charge on any atom is -0.506 e. The lowest BCUT2D eigenvalue weighted by atomic mass is 10.1. The summed E-state index contributed by atoms with van der Waals surface area (Å²) in [5.41, 5.74) is -0.635. The lowest BCUT2D eigenvalue weighted by Gasteiger charge is -2.18. The largest absolute Gasteiger partial charge is 0.506 e. The van der Waals surface area contributed by atoms with Gasteiger partial charge in [-0.2, -0.15) is 8.42 Å². The number of benzene rings is 2. The van der Waals surface area contributed by atoms with Crippen LogP contribution in [0.2, 0.25) is 0 Å². The Morgan fingerprint density at radius 1 is 1.33 bits per heavy atom. The molecule has 2 aromatic carbocycles. The highest BCUT2D eigenvalue weighted by Gasteiger charge is 2.37. The molecule has 0 atom stereocenters. The van der Waals surface area contributed by atoms with Gasteiger partial charge >= 0.3 is 16.2 Å². The summed E-state index contributed by atoms with van der Waals surface area (Å²) in [5, 5.41) is 19.0. The van der Waals surface area contributed by atoms with Crippen LogP contribution in [0.5, 0.6) is 11.5 Å². The second-order valence-electron chi connectivity index (χ2n) is 5.82. The van der Waals surface area contributed by atoms with Gasteiger partial charge in [-0.05, 0) is 30.0 Å². The number of carbonyl (C=O) groups is 2. The van der Waals surface area contributed by atoms with Gasteiger partial charge in [0.15, 0.2) is 5.82 Å². The lowest BCUT2D eigenvalue weighted by Crippen LogP contribution is -2.30. The molecule has 0 radical (unpaired) electrons. The van der Waals surface area contributed by atoms with E-state index in [4.69, 9.17) is 9.84 Å². The molecule has 1 aliphatic heterocycles. The number of anilines is 1. The zero-order valence-corrected chi connectivity index (χ0v) is 14.6. The topological polar surface area (TPSA) is 133 Å². The molecule has 3 rings (SSSR count). The number of amides is 1. The summed E-state index contributed by atoms with van der Waals surface area (Å²) in [6.07, 6.45) is 0.185. The van der Waals surface area contributed by atoms with E-state index in [9.17, 15) is 27.5 Å². The van der Waals surface area contributed by atoms with Gasteiger partial charge in [-0.3, -0.25) is 9.59 Å². The molecule has 0 bridgehead atoms. The third kappa shape index (κ3) is 3.72. The summed E-state index contributed by atoms with van der Waals surface area (Å²) in [4.78, 5) is 21.9. The number of halogens is 1. The lowest BCUT2D eigenvalue weighted by molar-refractivity contribution is -0.137. The van der Waals surface area contributed by atoms with E-state index in [-0.39, 0.29) is 30.6 Å². The zero-order valence-electron chi connectivity index (χ0n) is 13.8. The van der Waals surface area contributed by atoms with E-state index in [1.807, 2.05) is 0 Å². The van der Waals surface area contributed by atoms with Crippen LogP contribution < -0.4 is 13.8 Å². The minimum absolute atomic E-state index is 0.0203. The van der Waals surface area contributed by atoms with Crippen molar-refractivity contribution in [3.8, 4) is 11.5 Å². The second kappa shape index (κ2) is 6.91. The van der Waals surface area contributed by atoms with E-state index >= 15 is 0 Å². The highest BCUT2D eigenvalue weighted by Crippen LogP contribution is 2.39. The Morgan fingerprint density at radius 2 is 2.07 bits per heavy atom. The first-order valence-electron chi connectivity index (χ1n) is 7.82. The summed E-state index contributed by atoms with van der Waals surface area (Å²) in [5.74, 6) is -3.21. The van der Waals surface area contributed by atoms with E-state index < -0.39 is 45.9 Å². The van der Waals surface area contributed by atoms with Gasteiger partial charge in [-0.25, -0.2) is 13.4 Å². The fraction of sp³-hybridized carbons (Fsp3) is 0.250. The number of rotatable bonds is 6. The van der Waals surface area contributed by atoms with Crippen LogP contribution in [0.15, 0.2) is 24.3 Å². The first-order chi connectivity index (χ1) is 12.7. The Morgan fingerprint density at radius 3 is 2.70 bits per heavy atom. The molecule has 3 N–H and O–H groups in total. The van der Waals surface area contributed by atoms with Gasteiger partial charge in [0, 0.05) is 11.8 Å². The maximum atomic E-state index is 15.0. The Hall–Kier alpha value is -3.08.